The molecule has 4 heteroatoms. The fourth-order valence-corrected chi connectivity index (χ4v) is 1.08. The minimum Gasteiger partial charge on any atom is -0.481 e. The summed E-state index contributed by atoms with van der Waals surface area (Å²) >= 11 is 0. The molecule has 0 aliphatic carbocycles. The van der Waals surface area contributed by atoms with Gasteiger partial charge in [-0.15, -0.1) is 0 Å². The van der Waals surface area contributed by atoms with Crippen molar-refractivity contribution in [2.45, 2.75) is 6.42 Å². The van der Waals surface area contributed by atoms with Crippen LogP contribution in [0.4, 0.5) is 5.69 Å². The molecule has 78 valence electrons. The number of carboxylic acids is 1. The Morgan fingerprint density at radius 2 is 2.00 bits per heavy atom. The first-order valence-electron chi connectivity index (χ1n) is 4.38. The van der Waals surface area contributed by atoms with Crippen LogP contribution < -0.4 is 5.73 Å². The number of nitrogens with two attached hydrogens (primary N) is 1. The first-order valence-corrected chi connectivity index (χ1v) is 4.38. The van der Waals surface area contributed by atoms with Crippen LogP contribution >= 0.6 is 0 Å². The maximum atomic E-state index is 11.5. The van der Waals surface area contributed by atoms with Gasteiger partial charge in [0.15, 0.2) is 5.78 Å². The molecular weight excluding hydrogens is 194 g/mol. The van der Waals surface area contributed by atoms with Crippen molar-refractivity contribution in [3.8, 4) is 0 Å². The van der Waals surface area contributed by atoms with Gasteiger partial charge in [0, 0.05) is 11.3 Å². The lowest BCUT2D eigenvalue weighted by Crippen LogP contribution is -2.00. The standard InChI is InChI=1S/C11H11NO3/c12-9-5-2-1-4-8(9)10(13)6-3-7-11(14)15/h1-6H,7,12H2,(H,14,15)/b6-3+. The summed E-state index contributed by atoms with van der Waals surface area (Å²) in [5.41, 5.74) is 6.36. The zero-order chi connectivity index (χ0) is 11.3. The van der Waals surface area contributed by atoms with Crippen LogP contribution in [0.1, 0.15) is 16.8 Å². The van der Waals surface area contributed by atoms with Gasteiger partial charge in [-0.2, -0.15) is 0 Å². The van der Waals surface area contributed by atoms with Gasteiger partial charge in [0.2, 0.25) is 0 Å². The predicted octanol–water partition coefficient (Wildman–Crippen LogP) is 1.48. The van der Waals surface area contributed by atoms with Crippen LogP contribution in [0.5, 0.6) is 0 Å². The van der Waals surface area contributed by atoms with Gasteiger partial charge >= 0.3 is 5.97 Å². The number of nitrogen functional groups attached to an aromatic ring is 1. The van der Waals surface area contributed by atoms with Crippen LogP contribution in [0.2, 0.25) is 0 Å². The lowest BCUT2D eigenvalue weighted by Gasteiger charge is -1.99. The molecule has 0 radical (unpaired) electrons. The van der Waals surface area contributed by atoms with Crippen LogP contribution in [0, 0.1) is 0 Å². The van der Waals surface area contributed by atoms with E-state index in [0.717, 1.165) is 0 Å². The molecule has 0 unspecified atom stereocenters. The molecule has 1 rings (SSSR count). The van der Waals surface area contributed by atoms with Crippen molar-refractivity contribution >= 4 is 17.4 Å². The van der Waals surface area contributed by atoms with E-state index in [0.29, 0.717) is 11.3 Å². The highest BCUT2D eigenvalue weighted by Gasteiger charge is 2.04. The molecular formula is C11H11NO3. The second-order valence-electron chi connectivity index (χ2n) is 2.95. The molecule has 0 saturated heterocycles. The average Bonchev–Trinajstić information content (AvgIpc) is 2.17. The Morgan fingerprint density at radius 3 is 2.60 bits per heavy atom. The molecule has 3 N–H and O–H groups in total. The van der Waals surface area contributed by atoms with Crippen LogP contribution in [-0.4, -0.2) is 16.9 Å². The van der Waals surface area contributed by atoms with E-state index in [1.807, 2.05) is 0 Å². The SMILES string of the molecule is Nc1ccccc1C(=O)/C=C/CC(=O)O. The number of allylic oxidation sites excluding steroid dienone is 1. The van der Waals surface area contributed by atoms with Gasteiger partial charge in [-0.25, -0.2) is 0 Å². The Balaban J connectivity index is 2.74. The van der Waals surface area contributed by atoms with E-state index >= 15 is 0 Å². The van der Waals surface area contributed by atoms with E-state index < -0.39 is 5.97 Å². The highest BCUT2D eigenvalue weighted by atomic mass is 16.4. The van der Waals surface area contributed by atoms with Crippen LogP contribution in [0.25, 0.3) is 0 Å². The van der Waals surface area contributed by atoms with Crippen molar-refractivity contribution in [1.29, 1.82) is 0 Å². The Labute approximate surface area is 87.0 Å². The van der Waals surface area contributed by atoms with Gasteiger partial charge in [0.25, 0.3) is 0 Å². The van der Waals surface area contributed by atoms with Crippen molar-refractivity contribution in [2.75, 3.05) is 5.73 Å². The molecule has 0 aliphatic rings. The molecule has 0 saturated carbocycles. The molecule has 15 heavy (non-hydrogen) atoms. The molecule has 1 aromatic carbocycles. The van der Waals surface area contributed by atoms with Crippen molar-refractivity contribution in [2.24, 2.45) is 0 Å². The summed E-state index contributed by atoms with van der Waals surface area (Å²) in [7, 11) is 0. The van der Waals surface area contributed by atoms with Gasteiger partial charge in [0.05, 0.1) is 6.42 Å². The summed E-state index contributed by atoms with van der Waals surface area (Å²) in [5.74, 6) is -1.26. The molecule has 0 amide bonds. The minimum atomic E-state index is -0.972. The third-order valence-electron chi connectivity index (χ3n) is 1.79. The van der Waals surface area contributed by atoms with E-state index in [9.17, 15) is 9.59 Å². The largest absolute Gasteiger partial charge is 0.481 e. The molecule has 1 aromatic rings. The number of aliphatic carboxylic acids is 1. The molecule has 0 spiro atoms. The molecule has 0 fully saturated rings. The fraction of sp³-hybridized carbons (Fsp3) is 0.0909. The quantitative estimate of drug-likeness (QED) is 0.443. The molecule has 0 aromatic heterocycles. The van der Waals surface area contributed by atoms with Crippen molar-refractivity contribution < 1.29 is 14.7 Å². The number of hydrogen-bond donors (Lipinski definition) is 2. The van der Waals surface area contributed by atoms with Crippen molar-refractivity contribution in [1.82, 2.24) is 0 Å². The summed E-state index contributed by atoms with van der Waals surface area (Å²) in [6.45, 7) is 0. The molecule has 0 heterocycles. The smallest absolute Gasteiger partial charge is 0.307 e. The van der Waals surface area contributed by atoms with Crippen LogP contribution in [0.3, 0.4) is 0 Å². The number of para-hydroxylation sites is 1. The van der Waals surface area contributed by atoms with Gasteiger partial charge < -0.3 is 10.8 Å². The summed E-state index contributed by atoms with van der Waals surface area (Å²) in [4.78, 5) is 21.7. The lowest BCUT2D eigenvalue weighted by molar-refractivity contribution is -0.135. The maximum Gasteiger partial charge on any atom is 0.307 e. The number of carbonyl (C=O) groups is 2. The third kappa shape index (κ3) is 3.27. The summed E-state index contributed by atoms with van der Waals surface area (Å²) < 4.78 is 0. The van der Waals surface area contributed by atoms with Gasteiger partial charge in [-0.3, -0.25) is 9.59 Å². The predicted molar refractivity (Wildman–Crippen MR) is 56.6 cm³/mol. The Bertz CT molecular complexity index is 410. The van der Waals surface area contributed by atoms with E-state index in [1.54, 1.807) is 24.3 Å². The summed E-state index contributed by atoms with van der Waals surface area (Å²) in [6, 6.07) is 6.66. The fourth-order valence-electron chi connectivity index (χ4n) is 1.08. The zero-order valence-corrected chi connectivity index (χ0v) is 8.01. The zero-order valence-electron chi connectivity index (χ0n) is 8.01. The number of carbonyl (C=O) groups excluding carboxylic acids is 1. The minimum absolute atomic E-state index is 0.168. The summed E-state index contributed by atoms with van der Waals surface area (Å²) in [6.07, 6.45) is 2.36. The van der Waals surface area contributed by atoms with Crippen molar-refractivity contribution in [3.63, 3.8) is 0 Å². The highest BCUT2D eigenvalue weighted by molar-refractivity contribution is 6.08. The summed E-state index contributed by atoms with van der Waals surface area (Å²) in [5, 5.41) is 8.36. The Hall–Kier alpha value is -2.10. The first-order chi connectivity index (χ1) is 7.11. The van der Waals surface area contributed by atoms with Crippen molar-refractivity contribution in [3.05, 3.63) is 42.0 Å². The highest BCUT2D eigenvalue weighted by Crippen LogP contribution is 2.11. The van der Waals surface area contributed by atoms with Crippen LogP contribution in [0.15, 0.2) is 36.4 Å². The monoisotopic (exact) mass is 205 g/mol. The van der Waals surface area contributed by atoms with Crippen LogP contribution in [-0.2, 0) is 4.79 Å². The number of benzene rings is 1. The second kappa shape index (κ2) is 4.95. The Morgan fingerprint density at radius 1 is 1.33 bits per heavy atom. The number of carboxylic acid groups (broad SMARTS) is 1. The maximum absolute atomic E-state index is 11.5. The first kappa shape index (κ1) is 11.0. The number of hydrogen-bond acceptors (Lipinski definition) is 3. The third-order valence-corrected chi connectivity index (χ3v) is 1.79. The van der Waals surface area contributed by atoms with Gasteiger partial charge in [-0.1, -0.05) is 18.2 Å². The van der Waals surface area contributed by atoms with Gasteiger partial charge in [-0.05, 0) is 18.2 Å². The number of rotatable bonds is 4. The normalized spacial score (nSPS) is 10.4. The van der Waals surface area contributed by atoms with Gasteiger partial charge in [0.1, 0.15) is 0 Å². The number of ketones is 1. The molecule has 0 atom stereocenters. The Kier molecular flexibility index (Phi) is 3.62. The second-order valence-corrected chi connectivity index (χ2v) is 2.95. The molecule has 4 nitrogen and oxygen atoms in total. The van der Waals surface area contributed by atoms with E-state index in [1.165, 1.54) is 12.2 Å². The van der Waals surface area contributed by atoms with E-state index in [2.05, 4.69) is 0 Å². The topological polar surface area (TPSA) is 80.4 Å². The molecule has 0 aliphatic heterocycles. The van der Waals surface area contributed by atoms with E-state index in [-0.39, 0.29) is 12.2 Å². The average molecular weight is 205 g/mol. The lowest BCUT2D eigenvalue weighted by atomic mass is 10.1. The number of anilines is 1. The van der Waals surface area contributed by atoms with E-state index in [4.69, 9.17) is 10.8 Å². The molecule has 0 bridgehead atoms.